The SMILES string of the molecule is CCCC(C(=O)Cc1ccc(C(N)=O)nc1)n1cc(OC)c(-c2cc(Cl)ccc2OCC(F)(F)F)cc1=O. The van der Waals surface area contributed by atoms with E-state index in [1.165, 1.54) is 54.4 Å². The van der Waals surface area contributed by atoms with Crippen molar-refractivity contribution in [1.29, 1.82) is 0 Å². The molecule has 0 saturated carbocycles. The van der Waals surface area contributed by atoms with Crippen LogP contribution in [0.4, 0.5) is 13.2 Å². The molecular formula is C26H25ClF3N3O5. The Labute approximate surface area is 221 Å². The van der Waals surface area contributed by atoms with E-state index in [0.29, 0.717) is 18.4 Å². The van der Waals surface area contributed by atoms with E-state index >= 15 is 0 Å². The molecule has 0 spiro atoms. The van der Waals surface area contributed by atoms with Crippen LogP contribution in [0.5, 0.6) is 11.5 Å². The zero-order valence-electron chi connectivity index (χ0n) is 20.5. The van der Waals surface area contributed by atoms with Gasteiger partial charge in [-0.1, -0.05) is 31.0 Å². The minimum Gasteiger partial charge on any atom is -0.495 e. The summed E-state index contributed by atoms with van der Waals surface area (Å²) in [5.41, 5.74) is 5.49. The number of ether oxygens (including phenoxy) is 2. The van der Waals surface area contributed by atoms with E-state index in [2.05, 4.69) is 4.98 Å². The molecule has 8 nitrogen and oxygen atoms in total. The van der Waals surface area contributed by atoms with Gasteiger partial charge in [0, 0.05) is 34.8 Å². The number of benzene rings is 1. The number of amides is 1. The highest BCUT2D eigenvalue weighted by Crippen LogP contribution is 2.38. The molecule has 0 bridgehead atoms. The molecule has 0 radical (unpaired) electrons. The number of carbonyl (C=O) groups is 2. The molecule has 3 aromatic rings. The van der Waals surface area contributed by atoms with Crippen LogP contribution in [0.2, 0.25) is 5.02 Å². The number of carbonyl (C=O) groups excluding carboxylic acids is 2. The van der Waals surface area contributed by atoms with Crippen molar-refractivity contribution in [3.05, 3.63) is 75.4 Å². The molecule has 202 valence electrons. The van der Waals surface area contributed by atoms with Gasteiger partial charge < -0.3 is 19.8 Å². The molecule has 0 fully saturated rings. The molecule has 2 heterocycles. The number of ketones is 1. The molecule has 1 aromatic carbocycles. The Morgan fingerprint density at radius 3 is 2.42 bits per heavy atom. The summed E-state index contributed by atoms with van der Waals surface area (Å²) in [6.07, 6.45) is -1.00. The highest BCUT2D eigenvalue weighted by molar-refractivity contribution is 6.31. The molecule has 2 N–H and O–H groups in total. The molecule has 1 unspecified atom stereocenters. The summed E-state index contributed by atoms with van der Waals surface area (Å²) < 4.78 is 50.0. The quantitative estimate of drug-likeness (QED) is 0.367. The molecule has 2 aromatic heterocycles. The first-order valence-electron chi connectivity index (χ1n) is 11.5. The lowest BCUT2D eigenvalue weighted by Gasteiger charge is -2.21. The van der Waals surface area contributed by atoms with Crippen molar-refractivity contribution >= 4 is 23.3 Å². The van der Waals surface area contributed by atoms with Gasteiger partial charge in [0.05, 0.1) is 19.3 Å². The van der Waals surface area contributed by atoms with Gasteiger partial charge in [0.1, 0.15) is 17.2 Å². The van der Waals surface area contributed by atoms with Crippen LogP contribution >= 0.6 is 11.6 Å². The second kappa shape index (κ2) is 12.1. The largest absolute Gasteiger partial charge is 0.495 e. The number of hydrogen-bond donors (Lipinski definition) is 1. The Hall–Kier alpha value is -3.86. The lowest BCUT2D eigenvalue weighted by atomic mass is 9.99. The van der Waals surface area contributed by atoms with Gasteiger partial charge in [-0.05, 0) is 36.2 Å². The number of primary amides is 1. The molecular weight excluding hydrogens is 527 g/mol. The Morgan fingerprint density at radius 2 is 1.84 bits per heavy atom. The molecule has 1 amide bonds. The van der Waals surface area contributed by atoms with E-state index in [-0.39, 0.29) is 45.5 Å². The fraction of sp³-hybridized carbons (Fsp3) is 0.308. The maximum atomic E-state index is 13.2. The van der Waals surface area contributed by atoms with Gasteiger partial charge in [0.2, 0.25) is 0 Å². The molecule has 0 aliphatic rings. The first-order chi connectivity index (χ1) is 17.9. The van der Waals surface area contributed by atoms with Gasteiger partial charge in [-0.25, -0.2) is 0 Å². The van der Waals surface area contributed by atoms with Crippen LogP contribution in [0.25, 0.3) is 11.1 Å². The van der Waals surface area contributed by atoms with Crippen molar-refractivity contribution in [2.75, 3.05) is 13.7 Å². The van der Waals surface area contributed by atoms with Crippen molar-refractivity contribution in [3.8, 4) is 22.6 Å². The predicted molar refractivity (Wildman–Crippen MR) is 135 cm³/mol. The fourth-order valence-corrected chi connectivity index (χ4v) is 4.04. The van der Waals surface area contributed by atoms with E-state index < -0.39 is 30.3 Å². The minimum atomic E-state index is -4.58. The predicted octanol–water partition coefficient (Wildman–Crippen LogP) is 4.77. The number of nitrogens with zero attached hydrogens (tertiary/aromatic N) is 2. The molecule has 38 heavy (non-hydrogen) atoms. The second-order valence-electron chi connectivity index (χ2n) is 8.41. The number of halogens is 4. The lowest BCUT2D eigenvalue weighted by molar-refractivity contribution is -0.153. The van der Waals surface area contributed by atoms with Gasteiger partial charge in [0.15, 0.2) is 12.4 Å². The number of alkyl halides is 3. The summed E-state index contributed by atoms with van der Waals surface area (Å²) in [4.78, 5) is 41.6. The number of nitrogens with two attached hydrogens (primary N) is 1. The van der Waals surface area contributed by atoms with E-state index in [0.717, 1.165) is 0 Å². The normalized spacial score (nSPS) is 12.2. The van der Waals surface area contributed by atoms with Crippen molar-refractivity contribution < 1.29 is 32.2 Å². The number of pyridine rings is 2. The highest BCUT2D eigenvalue weighted by atomic mass is 35.5. The average Bonchev–Trinajstić information content (AvgIpc) is 2.86. The molecule has 0 saturated heterocycles. The van der Waals surface area contributed by atoms with Crippen LogP contribution in [0, 0.1) is 0 Å². The van der Waals surface area contributed by atoms with E-state index in [9.17, 15) is 27.6 Å². The van der Waals surface area contributed by atoms with E-state index in [4.69, 9.17) is 26.8 Å². The van der Waals surface area contributed by atoms with Gasteiger partial charge in [-0.15, -0.1) is 0 Å². The van der Waals surface area contributed by atoms with Gasteiger partial charge >= 0.3 is 6.18 Å². The number of aromatic nitrogens is 2. The molecule has 3 rings (SSSR count). The monoisotopic (exact) mass is 551 g/mol. The third kappa shape index (κ3) is 7.12. The van der Waals surface area contributed by atoms with Gasteiger partial charge in [0.25, 0.3) is 11.5 Å². The highest BCUT2D eigenvalue weighted by Gasteiger charge is 2.29. The number of Topliss-reactive ketones (excluding diaryl/α,β-unsaturated/α-hetero) is 1. The lowest BCUT2D eigenvalue weighted by Crippen LogP contribution is -2.30. The third-order valence-electron chi connectivity index (χ3n) is 5.61. The van der Waals surface area contributed by atoms with Gasteiger partial charge in [-0.3, -0.25) is 19.4 Å². The average molecular weight is 552 g/mol. The number of rotatable bonds is 11. The standard InChI is InChI=1S/C26H25ClF3N3O5/c1-3-4-20(21(34)9-15-5-7-19(25(31)36)32-12-15)33-13-23(37-2)18(11-24(33)35)17-10-16(27)6-8-22(17)38-14-26(28,29)30/h5-8,10-13,20H,3-4,9,14H2,1-2H3,(H2,31,36). The topological polar surface area (TPSA) is 114 Å². The Bertz CT molecular complexity index is 1370. The molecule has 1 atom stereocenters. The summed E-state index contributed by atoms with van der Waals surface area (Å²) in [7, 11) is 1.33. The number of hydrogen-bond acceptors (Lipinski definition) is 6. The smallest absolute Gasteiger partial charge is 0.422 e. The van der Waals surface area contributed by atoms with Crippen molar-refractivity contribution in [2.24, 2.45) is 5.73 Å². The van der Waals surface area contributed by atoms with Gasteiger partial charge in [-0.2, -0.15) is 13.2 Å². The zero-order chi connectivity index (χ0) is 28.0. The Kier molecular flexibility index (Phi) is 9.16. The molecule has 0 aliphatic heterocycles. The maximum absolute atomic E-state index is 13.2. The van der Waals surface area contributed by atoms with Crippen molar-refractivity contribution in [2.45, 2.75) is 38.4 Å². The zero-order valence-corrected chi connectivity index (χ0v) is 21.3. The summed E-state index contributed by atoms with van der Waals surface area (Å²) in [6, 6.07) is 7.29. The van der Waals surface area contributed by atoms with Crippen LogP contribution in [0.3, 0.4) is 0 Å². The maximum Gasteiger partial charge on any atom is 0.422 e. The first kappa shape index (κ1) is 28.7. The van der Waals surface area contributed by atoms with Crippen LogP contribution < -0.4 is 20.8 Å². The van der Waals surface area contributed by atoms with Crippen molar-refractivity contribution in [1.82, 2.24) is 9.55 Å². The van der Waals surface area contributed by atoms with E-state index in [1.54, 1.807) is 6.07 Å². The molecule has 0 aliphatic carbocycles. The summed E-state index contributed by atoms with van der Waals surface area (Å²) in [5.74, 6) is -0.994. The van der Waals surface area contributed by atoms with Crippen LogP contribution in [-0.4, -0.2) is 41.1 Å². The third-order valence-corrected chi connectivity index (χ3v) is 5.85. The van der Waals surface area contributed by atoms with Crippen LogP contribution in [0.1, 0.15) is 41.9 Å². The Morgan fingerprint density at radius 1 is 1.13 bits per heavy atom. The second-order valence-corrected chi connectivity index (χ2v) is 8.85. The minimum absolute atomic E-state index is 0.0578. The van der Waals surface area contributed by atoms with Crippen LogP contribution in [-0.2, 0) is 11.2 Å². The summed E-state index contributed by atoms with van der Waals surface area (Å²) in [5, 5.41) is 0.209. The summed E-state index contributed by atoms with van der Waals surface area (Å²) in [6.45, 7) is 0.319. The fourth-order valence-electron chi connectivity index (χ4n) is 3.87. The molecule has 12 heteroatoms. The first-order valence-corrected chi connectivity index (χ1v) is 11.9. The van der Waals surface area contributed by atoms with Crippen molar-refractivity contribution in [3.63, 3.8) is 0 Å². The van der Waals surface area contributed by atoms with Crippen LogP contribution in [0.15, 0.2) is 53.6 Å². The van der Waals surface area contributed by atoms with E-state index in [1.807, 2.05) is 6.92 Å². The Balaban J connectivity index is 2.00. The summed E-state index contributed by atoms with van der Waals surface area (Å²) >= 11 is 6.08. The number of methoxy groups -OCH3 is 1.